The van der Waals surface area contributed by atoms with Gasteiger partial charge >= 0.3 is 0 Å². The predicted molar refractivity (Wildman–Crippen MR) is 96.6 cm³/mol. The van der Waals surface area contributed by atoms with E-state index in [4.69, 9.17) is 9.15 Å². The molecule has 0 radical (unpaired) electrons. The fourth-order valence-corrected chi connectivity index (χ4v) is 3.34. The molecule has 0 spiro atoms. The highest BCUT2D eigenvalue weighted by molar-refractivity contribution is 6.02. The second kappa shape index (κ2) is 6.79. The van der Waals surface area contributed by atoms with E-state index in [-0.39, 0.29) is 23.5 Å². The summed E-state index contributed by atoms with van der Waals surface area (Å²) in [6, 6.07) is 7.70. The number of likely N-dealkylation sites (tertiary alicyclic amines) is 1. The van der Waals surface area contributed by atoms with E-state index in [1.807, 2.05) is 0 Å². The monoisotopic (exact) mass is 369 g/mol. The molecule has 140 valence electrons. The normalized spacial score (nSPS) is 21.2. The summed E-state index contributed by atoms with van der Waals surface area (Å²) in [4.78, 5) is 38.5. The van der Waals surface area contributed by atoms with Crippen molar-refractivity contribution in [3.63, 3.8) is 0 Å². The van der Waals surface area contributed by atoms with Crippen LogP contribution in [0.5, 0.6) is 5.75 Å². The molecule has 2 N–H and O–H groups in total. The standard InChI is InChI=1S/C19H19N3O5/c1-11-17(23)21-13-10-12(6-7-15(13)27-11)20-18(24)14-4-2-8-22(14)19(25)16-5-3-9-26-16/h3,5-7,9-11,14H,2,4,8H2,1H3,(H,20,24)(H,21,23)/t11-,14+/m1/s1. The minimum absolute atomic E-state index is 0.220. The summed E-state index contributed by atoms with van der Waals surface area (Å²) in [5.74, 6) is -0.0356. The molecule has 3 heterocycles. The largest absolute Gasteiger partial charge is 0.479 e. The number of hydrogen-bond donors (Lipinski definition) is 2. The summed E-state index contributed by atoms with van der Waals surface area (Å²) in [6.07, 6.45) is 2.21. The first-order valence-electron chi connectivity index (χ1n) is 8.80. The van der Waals surface area contributed by atoms with Crippen molar-refractivity contribution in [2.75, 3.05) is 17.2 Å². The van der Waals surface area contributed by atoms with E-state index in [2.05, 4.69) is 10.6 Å². The van der Waals surface area contributed by atoms with Gasteiger partial charge in [0.2, 0.25) is 5.91 Å². The fourth-order valence-electron chi connectivity index (χ4n) is 3.34. The van der Waals surface area contributed by atoms with Crippen LogP contribution in [0.1, 0.15) is 30.3 Å². The predicted octanol–water partition coefficient (Wildman–Crippen LogP) is 2.24. The van der Waals surface area contributed by atoms with Crippen molar-refractivity contribution < 1.29 is 23.5 Å². The Hall–Kier alpha value is -3.29. The zero-order chi connectivity index (χ0) is 19.0. The molecule has 2 aliphatic heterocycles. The van der Waals surface area contributed by atoms with Gasteiger partial charge in [-0.3, -0.25) is 14.4 Å². The minimum atomic E-state index is -0.565. The lowest BCUT2D eigenvalue weighted by Crippen LogP contribution is -2.43. The van der Waals surface area contributed by atoms with Crippen LogP contribution in [-0.2, 0) is 9.59 Å². The molecule has 0 saturated carbocycles. The van der Waals surface area contributed by atoms with Gasteiger partial charge in [-0.25, -0.2) is 0 Å². The van der Waals surface area contributed by atoms with E-state index in [1.165, 1.54) is 11.2 Å². The molecule has 2 aromatic rings. The number of hydrogen-bond acceptors (Lipinski definition) is 5. The number of amides is 3. The van der Waals surface area contributed by atoms with Crippen LogP contribution in [0.4, 0.5) is 11.4 Å². The van der Waals surface area contributed by atoms with Crippen LogP contribution in [0.15, 0.2) is 41.0 Å². The first-order valence-corrected chi connectivity index (χ1v) is 8.80. The topological polar surface area (TPSA) is 101 Å². The van der Waals surface area contributed by atoms with Gasteiger partial charge in [-0.15, -0.1) is 0 Å². The summed E-state index contributed by atoms with van der Waals surface area (Å²) in [7, 11) is 0. The number of carbonyl (C=O) groups is 3. The van der Waals surface area contributed by atoms with Crippen LogP contribution in [0.3, 0.4) is 0 Å². The summed E-state index contributed by atoms with van der Waals surface area (Å²) in [5.41, 5.74) is 1.03. The molecule has 2 aliphatic rings. The van der Waals surface area contributed by atoms with Crippen molar-refractivity contribution in [1.82, 2.24) is 4.90 Å². The van der Waals surface area contributed by atoms with E-state index in [1.54, 1.807) is 37.3 Å². The van der Waals surface area contributed by atoms with Gasteiger partial charge in [-0.2, -0.15) is 0 Å². The Morgan fingerprint density at radius 3 is 2.93 bits per heavy atom. The van der Waals surface area contributed by atoms with Crippen LogP contribution >= 0.6 is 0 Å². The number of furan rings is 1. The van der Waals surface area contributed by atoms with Gasteiger partial charge in [0.25, 0.3) is 11.8 Å². The third-order valence-corrected chi connectivity index (χ3v) is 4.73. The summed E-state index contributed by atoms with van der Waals surface area (Å²) in [6.45, 7) is 2.17. The molecule has 8 nitrogen and oxygen atoms in total. The van der Waals surface area contributed by atoms with Gasteiger partial charge in [-0.05, 0) is 50.1 Å². The van der Waals surface area contributed by atoms with Crippen LogP contribution < -0.4 is 15.4 Å². The van der Waals surface area contributed by atoms with Gasteiger partial charge in [0, 0.05) is 12.2 Å². The number of rotatable bonds is 3. The lowest BCUT2D eigenvalue weighted by Gasteiger charge is -2.25. The molecule has 1 saturated heterocycles. The maximum Gasteiger partial charge on any atom is 0.290 e. The van der Waals surface area contributed by atoms with Crippen molar-refractivity contribution >= 4 is 29.1 Å². The Kier molecular flexibility index (Phi) is 4.31. The first-order chi connectivity index (χ1) is 13.0. The molecule has 0 unspecified atom stereocenters. The zero-order valence-electron chi connectivity index (χ0n) is 14.7. The Morgan fingerprint density at radius 2 is 2.15 bits per heavy atom. The molecule has 0 bridgehead atoms. The molecule has 0 aliphatic carbocycles. The lowest BCUT2D eigenvalue weighted by molar-refractivity contribution is -0.122. The second-order valence-corrected chi connectivity index (χ2v) is 6.58. The highest BCUT2D eigenvalue weighted by atomic mass is 16.5. The van der Waals surface area contributed by atoms with Crippen LogP contribution in [0.25, 0.3) is 0 Å². The van der Waals surface area contributed by atoms with Crippen molar-refractivity contribution in [2.45, 2.75) is 31.9 Å². The Morgan fingerprint density at radius 1 is 1.30 bits per heavy atom. The molecule has 1 aromatic carbocycles. The Bertz CT molecular complexity index is 893. The number of anilines is 2. The third-order valence-electron chi connectivity index (χ3n) is 4.73. The van der Waals surface area contributed by atoms with Crippen molar-refractivity contribution in [3.05, 3.63) is 42.4 Å². The maximum absolute atomic E-state index is 12.7. The average Bonchev–Trinajstić information content (AvgIpc) is 3.34. The van der Waals surface area contributed by atoms with Gasteiger partial charge in [0.05, 0.1) is 12.0 Å². The molecule has 1 aromatic heterocycles. The van der Waals surface area contributed by atoms with Gasteiger partial charge < -0.3 is 24.7 Å². The minimum Gasteiger partial charge on any atom is -0.479 e. The summed E-state index contributed by atoms with van der Waals surface area (Å²) in [5, 5.41) is 5.57. The fraction of sp³-hybridized carbons (Fsp3) is 0.316. The maximum atomic E-state index is 12.7. The Balaban J connectivity index is 1.48. The van der Waals surface area contributed by atoms with E-state index in [0.717, 1.165) is 6.42 Å². The summed E-state index contributed by atoms with van der Waals surface area (Å²) < 4.78 is 10.7. The molecule has 2 atom stereocenters. The van der Waals surface area contributed by atoms with Gasteiger partial charge in [0.15, 0.2) is 11.9 Å². The van der Waals surface area contributed by atoms with Crippen LogP contribution in [-0.4, -0.2) is 41.3 Å². The molecule has 3 amide bonds. The van der Waals surface area contributed by atoms with Crippen LogP contribution in [0.2, 0.25) is 0 Å². The highest BCUT2D eigenvalue weighted by Gasteiger charge is 2.35. The lowest BCUT2D eigenvalue weighted by atomic mass is 10.1. The van der Waals surface area contributed by atoms with E-state index >= 15 is 0 Å². The number of ether oxygens (including phenoxy) is 1. The van der Waals surface area contributed by atoms with Crippen LogP contribution in [0, 0.1) is 0 Å². The number of nitrogens with one attached hydrogen (secondary N) is 2. The van der Waals surface area contributed by atoms with Crippen molar-refractivity contribution in [3.8, 4) is 5.75 Å². The molecule has 8 heteroatoms. The van der Waals surface area contributed by atoms with Gasteiger partial charge in [-0.1, -0.05) is 0 Å². The SMILES string of the molecule is C[C@H]1Oc2ccc(NC(=O)[C@@H]3CCCN3C(=O)c3ccco3)cc2NC1=O. The van der Waals surface area contributed by atoms with Crippen molar-refractivity contribution in [1.29, 1.82) is 0 Å². The molecule has 4 rings (SSSR count). The first kappa shape index (κ1) is 17.1. The number of fused-ring (bicyclic) bond motifs is 1. The molecular formula is C19H19N3O5. The number of carbonyl (C=O) groups excluding carboxylic acids is 3. The second-order valence-electron chi connectivity index (χ2n) is 6.58. The molecule has 27 heavy (non-hydrogen) atoms. The highest BCUT2D eigenvalue weighted by Crippen LogP contribution is 2.32. The van der Waals surface area contributed by atoms with Crippen molar-refractivity contribution in [2.24, 2.45) is 0 Å². The molecular weight excluding hydrogens is 350 g/mol. The number of benzene rings is 1. The average molecular weight is 369 g/mol. The quantitative estimate of drug-likeness (QED) is 0.864. The van der Waals surface area contributed by atoms with E-state index in [0.29, 0.717) is 30.1 Å². The smallest absolute Gasteiger partial charge is 0.290 e. The zero-order valence-corrected chi connectivity index (χ0v) is 14.7. The Labute approximate surface area is 155 Å². The summed E-state index contributed by atoms with van der Waals surface area (Å²) >= 11 is 0. The van der Waals surface area contributed by atoms with Gasteiger partial charge in [0.1, 0.15) is 11.8 Å². The number of nitrogens with zero attached hydrogens (tertiary/aromatic N) is 1. The third kappa shape index (κ3) is 3.25. The van der Waals surface area contributed by atoms with E-state index < -0.39 is 12.1 Å². The molecule has 1 fully saturated rings. The van der Waals surface area contributed by atoms with E-state index in [9.17, 15) is 14.4 Å².